The number of hydrogen-bond acceptors (Lipinski definition) is 4. The standard InChI is InChI=1S/C20H19FN2O4/c1-11(19(26)22-10-24)18-12(2)23(17-7-6-15(25)9-16(17)18)20(27)13-4-3-5-14(21)8-13/h3-9,11,24-25H,10H2,1-2H3,(H,22,26)/t11-/m0/s1. The lowest BCUT2D eigenvalue weighted by atomic mass is 9.97. The average Bonchev–Trinajstić information content (AvgIpc) is 2.91. The number of fused-ring (bicyclic) bond motifs is 1. The van der Waals surface area contributed by atoms with Crippen molar-refractivity contribution in [2.45, 2.75) is 19.8 Å². The van der Waals surface area contributed by atoms with Crippen LogP contribution in [0.3, 0.4) is 0 Å². The second-order valence-electron chi connectivity index (χ2n) is 6.27. The van der Waals surface area contributed by atoms with E-state index < -0.39 is 30.3 Å². The summed E-state index contributed by atoms with van der Waals surface area (Å²) in [6, 6.07) is 9.87. The molecular weight excluding hydrogens is 351 g/mol. The van der Waals surface area contributed by atoms with Gasteiger partial charge in [0, 0.05) is 16.6 Å². The molecule has 0 spiro atoms. The number of phenolic OH excluding ortho intramolecular Hbond substituents is 1. The SMILES string of the molecule is Cc1c([C@H](C)C(=O)NCO)c2cc(O)ccc2n1C(=O)c1cccc(F)c1. The molecule has 0 fully saturated rings. The second-order valence-corrected chi connectivity index (χ2v) is 6.27. The van der Waals surface area contributed by atoms with Gasteiger partial charge in [0.2, 0.25) is 5.91 Å². The van der Waals surface area contributed by atoms with Crippen molar-refractivity contribution in [2.24, 2.45) is 0 Å². The Morgan fingerprint density at radius 2 is 1.96 bits per heavy atom. The number of aromatic hydroxyl groups is 1. The molecule has 0 aliphatic heterocycles. The summed E-state index contributed by atoms with van der Waals surface area (Å²) in [4.78, 5) is 25.3. The first-order chi connectivity index (χ1) is 12.8. The van der Waals surface area contributed by atoms with Crippen LogP contribution in [0.25, 0.3) is 10.9 Å². The van der Waals surface area contributed by atoms with Crippen molar-refractivity contribution in [1.29, 1.82) is 0 Å². The van der Waals surface area contributed by atoms with E-state index in [0.29, 0.717) is 22.2 Å². The van der Waals surface area contributed by atoms with E-state index in [1.165, 1.54) is 34.9 Å². The fraction of sp³-hybridized carbons (Fsp3) is 0.200. The third kappa shape index (κ3) is 3.29. The van der Waals surface area contributed by atoms with E-state index in [2.05, 4.69) is 5.32 Å². The highest BCUT2D eigenvalue weighted by Gasteiger charge is 2.26. The van der Waals surface area contributed by atoms with E-state index in [1.54, 1.807) is 19.9 Å². The van der Waals surface area contributed by atoms with Crippen LogP contribution in [0.4, 0.5) is 4.39 Å². The highest BCUT2D eigenvalue weighted by Crippen LogP contribution is 2.34. The van der Waals surface area contributed by atoms with E-state index in [9.17, 15) is 19.1 Å². The maximum absolute atomic E-state index is 13.6. The number of phenols is 1. The predicted molar refractivity (Wildman–Crippen MR) is 98.1 cm³/mol. The minimum atomic E-state index is -0.678. The van der Waals surface area contributed by atoms with E-state index in [-0.39, 0.29) is 11.3 Å². The molecule has 2 aromatic carbocycles. The Morgan fingerprint density at radius 1 is 1.22 bits per heavy atom. The first-order valence-electron chi connectivity index (χ1n) is 8.38. The smallest absolute Gasteiger partial charge is 0.262 e. The Kier molecular flexibility index (Phi) is 4.96. The van der Waals surface area contributed by atoms with Crippen LogP contribution >= 0.6 is 0 Å². The normalized spacial score (nSPS) is 12.1. The fourth-order valence-electron chi connectivity index (χ4n) is 3.35. The summed E-state index contributed by atoms with van der Waals surface area (Å²) in [6.45, 7) is 2.83. The van der Waals surface area contributed by atoms with E-state index in [4.69, 9.17) is 5.11 Å². The van der Waals surface area contributed by atoms with Crippen molar-refractivity contribution in [1.82, 2.24) is 9.88 Å². The van der Waals surface area contributed by atoms with Crippen LogP contribution in [0, 0.1) is 12.7 Å². The van der Waals surface area contributed by atoms with E-state index in [1.807, 2.05) is 0 Å². The van der Waals surface area contributed by atoms with Gasteiger partial charge in [0.25, 0.3) is 5.91 Å². The highest BCUT2D eigenvalue weighted by atomic mass is 19.1. The lowest BCUT2D eigenvalue weighted by Gasteiger charge is -2.12. The number of aromatic nitrogens is 1. The maximum atomic E-state index is 13.6. The third-order valence-electron chi connectivity index (χ3n) is 4.59. The minimum absolute atomic E-state index is 0.00568. The fourth-order valence-corrected chi connectivity index (χ4v) is 3.35. The molecule has 0 bridgehead atoms. The molecular formula is C20H19FN2O4. The number of hydrogen-bond donors (Lipinski definition) is 3. The molecule has 6 nitrogen and oxygen atoms in total. The number of aliphatic hydroxyl groups is 1. The quantitative estimate of drug-likeness (QED) is 0.616. The zero-order valence-corrected chi connectivity index (χ0v) is 14.9. The summed E-state index contributed by atoms with van der Waals surface area (Å²) in [5, 5.41) is 21.7. The monoisotopic (exact) mass is 370 g/mol. The number of aliphatic hydroxyl groups excluding tert-OH is 1. The highest BCUT2D eigenvalue weighted by molar-refractivity contribution is 6.05. The number of nitrogens with zero attached hydrogens (tertiary/aromatic N) is 1. The van der Waals surface area contributed by atoms with Gasteiger partial charge in [0.15, 0.2) is 0 Å². The molecule has 3 aromatic rings. The Morgan fingerprint density at radius 3 is 2.63 bits per heavy atom. The number of carbonyl (C=O) groups excluding carboxylic acids is 2. The van der Waals surface area contributed by atoms with Gasteiger partial charge in [-0.25, -0.2) is 4.39 Å². The van der Waals surface area contributed by atoms with Crippen LogP contribution in [0.1, 0.15) is 34.5 Å². The van der Waals surface area contributed by atoms with Crippen LogP contribution < -0.4 is 5.32 Å². The Hall–Kier alpha value is -3.19. The molecule has 0 saturated carbocycles. The van der Waals surface area contributed by atoms with Crippen molar-refractivity contribution < 1.29 is 24.2 Å². The van der Waals surface area contributed by atoms with Gasteiger partial charge in [0.05, 0.1) is 11.4 Å². The van der Waals surface area contributed by atoms with Gasteiger partial charge in [-0.1, -0.05) is 6.07 Å². The molecule has 140 valence electrons. The number of carbonyl (C=O) groups is 2. The molecule has 0 saturated heterocycles. The molecule has 1 atom stereocenters. The molecule has 3 rings (SSSR count). The number of halogens is 1. The van der Waals surface area contributed by atoms with Gasteiger partial charge >= 0.3 is 0 Å². The van der Waals surface area contributed by atoms with Crippen molar-refractivity contribution in [2.75, 3.05) is 6.73 Å². The molecule has 27 heavy (non-hydrogen) atoms. The topological polar surface area (TPSA) is 91.6 Å². The Labute approximate surface area is 154 Å². The summed E-state index contributed by atoms with van der Waals surface area (Å²) in [7, 11) is 0. The Bertz CT molecular complexity index is 1040. The van der Waals surface area contributed by atoms with Crippen LogP contribution in [-0.2, 0) is 4.79 Å². The first kappa shape index (κ1) is 18.6. The minimum Gasteiger partial charge on any atom is -0.508 e. The van der Waals surface area contributed by atoms with Gasteiger partial charge in [-0.15, -0.1) is 0 Å². The molecule has 0 aliphatic carbocycles. The number of nitrogens with one attached hydrogen (secondary N) is 1. The lowest BCUT2D eigenvalue weighted by molar-refractivity contribution is -0.123. The zero-order chi connectivity index (χ0) is 19.7. The summed E-state index contributed by atoms with van der Waals surface area (Å²) in [5.41, 5.74) is 1.72. The average molecular weight is 370 g/mol. The van der Waals surface area contributed by atoms with Gasteiger partial charge in [-0.3, -0.25) is 14.2 Å². The van der Waals surface area contributed by atoms with Gasteiger partial charge in [-0.2, -0.15) is 0 Å². The number of benzene rings is 2. The summed E-state index contributed by atoms with van der Waals surface area (Å²) in [6.07, 6.45) is 0. The third-order valence-corrected chi connectivity index (χ3v) is 4.59. The molecule has 0 aliphatic rings. The molecule has 0 unspecified atom stereocenters. The van der Waals surface area contributed by atoms with Crippen LogP contribution in [-0.4, -0.2) is 33.3 Å². The molecule has 0 radical (unpaired) electrons. The van der Waals surface area contributed by atoms with Crippen molar-refractivity contribution in [3.05, 3.63) is 65.1 Å². The van der Waals surface area contributed by atoms with Crippen molar-refractivity contribution >= 4 is 22.7 Å². The first-order valence-corrected chi connectivity index (χ1v) is 8.38. The summed E-state index contributed by atoms with van der Waals surface area (Å²) in [5.74, 6) is -2.06. The molecule has 3 N–H and O–H groups in total. The van der Waals surface area contributed by atoms with Crippen molar-refractivity contribution in [3.63, 3.8) is 0 Å². The number of amides is 1. The molecule has 7 heteroatoms. The largest absolute Gasteiger partial charge is 0.508 e. The molecule has 1 amide bonds. The summed E-state index contributed by atoms with van der Waals surface area (Å²) >= 11 is 0. The predicted octanol–water partition coefficient (Wildman–Crippen LogP) is 2.65. The zero-order valence-electron chi connectivity index (χ0n) is 14.9. The lowest BCUT2D eigenvalue weighted by Crippen LogP contribution is -2.29. The molecule has 1 heterocycles. The number of rotatable bonds is 4. The van der Waals surface area contributed by atoms with Crippen molar-refractivity contribution in [3.8, 4) is 5.75 Å². The maximum Gasteiger partial charge on any atom is 0.262 e. The van der Waals surface area contributed by atoms with E-state index >= 15 is 0 Å². The van der Waals surface area contributed by atoms with Crippen LogP contribution in [0.2, 0.25) is 0 Å². The Balaban J connectivity index is 2.24. The van der Waals surface area contributed by atoms with Gasteiger partial charge < -0.3 is 15.5 Å². The van der Waals surface area contributed by atoms with Crippen LogP contribution in [0.15, 0.2) is 42.5 Å². The van der Waals surface area contributed by atoms with Gasteiger partial charge in [-0.05, 0) is 55.8 Å². The van der Waals surface area contributed by atoms with Gasteiger partial charge in [0.1, 0.15) is 18.3 Å². The van der Waals surface area contributed by atoms with Crippen LogP contribution in [0.5, 0.6) is 5.75 Å². The molecule has 1 aromatic heterocycles. The second kappa shape index (κ2) is 7.20. The summed E-state index contributed by atoms with van der Waals surface area (Å²) < 4.78 is 15.0. The van der Waals surface area contributed by atoms with E-state index in [0.717, 1.165) is 6.07 Å².